The molecular formula is C11H15FN2O3. The van der Waals surface area contributed by atoms with Crippen molar-refractivity contribution in [2.24, 2.45) is 11.5 Å². The fourth-order valence-corrected chi connectivity index (χ4v) is 1.50. The van der Waals surface area contributed by atoms with Gasteiger partial charge in [0.1, 0.15) is 17.6 Å². The van der Waals surface area contributed by atoms with Gasteiger partial charge < -0.3 is 21.3 Å². The number of nitrogens with two attached hydrogens (primary N) is 2. The van der Waals surface area contributed by atoms with E-state index in [0.717, 1.165) is 0 Å². The summed E-state index contributed by atoms with van der Waals surface area (Å²) in [6.07, 6.45) is 0.00907. The Balaban J connectivity index is 2.90. The Labute approximate surface area is 98.2 Å². The molecular weight excluding hydrogens is 227 g/mol. The van der Waals surface area contributed by atoms with Gasteiger partial charge in [0.2, 0.25) is 0 Å². The molecule has 94 valence electrons. The summed E-state index contributed by atoms with van der Waals surface area (Å²) in [7, 11) is 1.43. The first-order valence-electron chi connectivity index (χ1n) is 5.03. The van der Waals surface area contributed by atoms with Crippen LogP contribution < -0.4 is 16.2 Å². The molecule has 0 aliphatic rings. The molecule has 0 radical (unpaired) electrons. The third-order valence-electron chi connectivity index (χ3n) is 2.42. The molecule has 0 spiro atoms. The van der Waals surface area contributed by atoms with Gasteiger partial charge in [-0.25, -0.2) is 4.39 Å². The van der Waals surface area contributed by atoms with Crippen LogP contribution in [0.2, 0.25) is 0 Å². The fraction of sp³-hybridized carbons (Fsp3) is 0.364. The summed E-state index contributed by atoms with van der Waals surface area (Å²) in [5, 5.41) is 8.67. The number of methoxy groups -OCH3 is 1. The predicted molar refractivity (Wildman–Crippen MR) is 60.1 cm³/mol. The summed E-state index contributed by atoms with van der Waals surface area (Å²) in [5.41, 5.74) is 11.6. The molecule has 5 nitrogen and oxygen atoms in total. The van der Waals surface area contributed by atoms with Crippen molar-refractivity contribution >= 4 is 5.97 Å². The van der Waals surface area contributed by atoms with Gasteiger partial charge in [-0.15, -0.1) is 0 Å². The average molecular weight is 242 g/mol. The Morgan fingerprint density at radius 3 is 2.71 bits per heavy atom. The van der Waals surface area contributed by atoms with Crippen LogP contribution in [0.25, 0.3) is 0 Å². The maximum atomic E-state index is 13.1. The topological polar surface area (TPSA) is 98.6 Å². The van der Waals surface area contributed by atoms with Gasteiger partial charge in [-0.2, -0.15) is 0 Å². The number of carboxylic acid groups (broad SMARTS) is 1. The Morgan fingerprint density at radius 2 is 2.18 bits per heavy atom. The number of carbonyl (C=O) groups is 1. The van der Waals surface area contributed by atoms with Crippen molar-refractivity contribution in [1.29, 1.82) is 0 Å². The van der Waals surface area contributed by atoms with E-state index in [2.05, 4.69) is 0 Å². The van der Waals surface area contributed by atoms with E-state index in [1.54, 1.807) is 0 Å². The van der Waals surface area contributed by atoms with Gasteiger partial charge in [0.25, 0.3) is 0 Å². The lowest BCUT2D eigenvalue weighted by atomic mass is 9.99. The van der Waals surface area contributed by atoms with E-state index in [9.17, 15) is 9.18 Å². The van der Waals surface area contributed by atoms with Crippen molar-refractivity contribution in [3.05, 3.63) is 29.6 Å². The number of ether oxygens (including phenoxy) is 1. The fourth-order valence-electron chi connectivity index (χ4n) is 1.50. The van der Waals surface area contributed by atoms with E-state index in [0.29, 0.717) is 11.3 Å². The summed E-state index contributed by atoms with van der Waals surface area (Å²) in [6, 6.07) is 2.13. The number of benzene rings is 1. The lowest BCUT2D eigenvalue weighted by Crippen LogP contribution is -2.33. The smallest absolute Gasteiger partial charge is 0.320 e. The number of carboxylic acids is 1. The van der Waals surface area contributed by atoms with Crippen LogP contribution in [0.15, 0.2) is 18.2 Å². The highest BCUT2D eigenvalue weighted by atomic mass is 19.1. The summed E-state index contributed by atoms with van der Waals surface area (Å²) in [5.74, 6) is -1.19. The molecule has 6 heteroatoms. The third kappa shape index (κ3) is 3.40. The van der Waals surface area contributed by atoms with Crippen LogP contribution in [-0.2, 0) is 4.79 Å². The van der Waals surface area contributed by atoms with Gasteiger partial charge in [0.15, 0.2) is 0 Å². The lowest BCUT2D eigenvalue weighted by Gasteiger charge is -2.17. The van der Waals surface area contributed by atoms with E-state index < -0.39 is 23.9 Å². The zero-order chi connectivity index (χ0) is 13.0. The minimum Gasteiger partial charge on any atom is -0.496 e. The molecule has 0 saturated carbocycles. The molecule has 1 aromatic carbocycles. The van der Waals surface area contributed by atoms with Gasteiger partial charge >= 0.3 is 5.97 Å². The number of rotatable bonds is 5. The Bertz CT molecular complexity index is 412. The third-order valence-corrected chi connectivity index (χ3v) is 2.42. The zero-order valence-corrected chi connectivity index (χ0v) is 9.39. The Hall–Kier alpha value is -1.66. The second kappa shape index (κ2) is 5.60. The molecule has 0 heterocycles. The molecule has 1 rings (SSSR count). The highest BCUT2D eigenvalue weighted by Gasteiger charge is 2.20. The van der Waals surface area contributed by atoms with Crippen LogP contribution >= 0.6 is 0 Å². The number of aliphatic carboxylic acids is 1. The predicted octanol–water partition coefficient (Wildman–Crippen LogP) is 0.636. The van der Waals surface area contributed by atoms with Gasteiger partial charge in [-0.05, 0) is 24.6 Å². The Kier molecular flexibility index (Phi) is 4.42. The van der Waals surface area contributed by atoms with Gasteiger partial charge in [-0.1, -0.05) is 0 Å². The van der Waals surface area contributed by atoms with Gasteiger partial charge in [-0.3, -0.25) is 4.79 Å². The van der Waals surface area contributed by atoms with E-state index in [1.807, 2.05) is 0 Å². The summed E-state index contributed by atoms with van der Waals surface area (Å²) in [6.45, 7) is 0. The largest absolute Gasteiger partial charge is 0.496 e. The molecule has 0 bridgehead atoms. The van der Waals surface area contributed by atoms with E-state index in [-0.39, 0.29) is 6.42 Å². The second-order valence-electron chi connectivity index (χ2n) is 3.67. The minimum absolute atomic E-state index is 0.00907. The molecule has 0 aliphatic carbocycles. The molecule has 0 fully saturated rings. The molecule has 5 N–H and O–H groups in total. The Morgan fingerprint density at radius 1 is 1.53 bits per heavy atom. The van der Waals surface area contributed by atoms with Crippen molar-refractivity contribution < 1.29 is 19.0 Å². The zero-order valence-electron chi connectivity index (χ0n) is 9.39. The van der Waals surface area contributed by atoms with E-state index in [1.165, 1.54) is 25.3 Å². The van der Waals surface area contributed by atoms with Gasteiger partial charge in [0, 0.05) is 11.6 Å². The molecule has 0 aliphatic heterocycles. The SMILES string of the molecule is COc1ccc(F)cc1C(N)CC(N)C(=O)O. The van der Waals surface area contributed by atoms with Crippen molar-refractivity contribution in [2.45, 2.75) is 18.5 Å². The van der Waals surface area contributed by atoms with Gasteiger partial charge in [0.05, 0.1) is 7.11 Å². The molecule has 17 heavy (non-hydrogen) atoms. The van der Waals surface area contributed by atoms with Crippen LogP contribution in [0.4, 0.5) is 4.39 Å². The standard InChI is InChI=1S/C11H15FN2O3/c1-17-10-3-2-6(12)4-7(10)8(13)5-9(14)11(15)16/h2-4,8-9H,5,13-14H2,1H3,(H,15,16). The highest BCUT2D eigenvalue weighted by molar-refractivity contribution is 5.73. The van der Waals surface area contributed by atoms with Crippen molar-refractivity contribution in [2.75, 3.05) is 7.11 Å². The normalized spacial score (nSPS) is 14.1. The van der Waals surface area contributed by atoms with Crippen LogP contribution in [0, 0.1) is 5.82 Å². The van der Waals surface area contributed by atoms with Crippen LogP contribution in [-0.4, -0.2) is 24.2 Å². The van der Waals surface area contributed by atoms with Crippen LogP contribution in [0.5, 0.6) is 5.75 Å². The first kappa shape index (κ1) is 13.4. The number of hydrogen-bond donors (Lipinski definition) is 3. The van der Waals surface area contributed by atoms with Crippen molar-refractivity contribution in [3.8, 4) is 5.75 Å². The molecule has 2 atom stereocenters. The number of hydrogen-bond acceptors (Lipinski definition) is 4. The molecule has 0 saturated heterocycles. The maximum Gasteiger partial charge on any atom is 0.320 e. The van der Waals surface area contributed by atoms with Crippen LogP contribution in [0.3, 0.4) is 0 Å². The molecule has 1 aromatic rings. The number of halogens is 1. The van der Waals surface area contributed by atoms with Crippen molar-refractivity contribution in [1.82, 2.24) is 0 Å². The average Bonchev–Trinajstić information content (AvgIpc) is 2.28. The summed E-state index contributed by atoms with van der Waals surface area (Å²) >= 11 is 0. The monoisotopic (exact) mass is 242 g/mol. The van der Waals surface area contributed by atoms with Crippen LogP contribution in [0.1, 0.15) is 18.0 Å². The molecule has 2 unspecified atom stereocenters. The molecule has 0 amide bonds. The second-order valence-corrected chi connectivity index (χ2v) is 3.67. The highest BCUT2D eigenvalue weighted by Crippen LogP contribution is 2.26. The first-order chi connectivity index (χ1) is 7.95. The van der Waals surface area contributed by atoms with Crippen molar-refractivity contribution in [3.63, 3.8) is 0 Å². The van der Waals surface area contributed by atoms with E-state index >= 15 is 0 Å². The minimum atomic E-state index is -1.14. The maximum absolute atomic E-state index is 13.1. The molecule has 0 aromatic heterocycles. The summed E-state index contributed by atoms with van der Waals surface area (Å²) < 4.78 is 18.1. The lowest BCUT2D eigenvalue weighted by molar-refractivity contribution is -0.138. The quantitative estimate of drug-likeness (QED) is 0.703. The van der Waals surface area contributed by atoms with E-state index in [4.69, 9.17) is 21.3 Å². The first-order valence-corrected chi connectivity index (χ1v) is 5.03. The summed E-state index contributed by atoms with van der Waals surface area (Å²) in [4.78, 5) is 10.6.